The van der Waals surface area contributed by atoms with Gasteiger partial charge in [-0.2, -0.15) is 0 Å². The van der Waals surface area contributed by atoms with Gasteiger partial charge in [0.25, 0.3) is 0 Å². The van der Waals surface area contributed by atoms with Gasteiger partial charge in [0.2, 0.25) is 11.6 Å². The topological polar surface area (TPSA) is 133 Å². The smallest absolute Gasteiger partial charge is 0.330 e. The van der Waals surface area contributed by atoms with Gasteiger partial charge in [-0.15, -0.1) is 6.58 Å². The molecular weight excluding hydrogens is 422 g/mol. The highest BCUT2D eigenvalue weighted by molar-refractivity contribution is 5.83. The van der Waals surface area contributed by atoms with Crippen molar-refractivity contribution in [2.24, 2.45) is 5.73 Å². The Balaban J connectivity index is 2.21. The average Bonchev–Trinajstić information content (AvgIpc) is 2.84. The van der Waals surface area contributed by atoms with Crippen molar-refractivity contribution < 1.29 is 30.0 Å². The molecule has 0 aliphatic carbocycles. The lowest BCUT2D eigenvalue weighted by atomic mass is 9.83. The number of esters is 1. The third-order valence-corrected chi connectivity index (χ3v) is 5.61. The van der Waals surface area contributed by atoms with Crippen LogP contribution in [0.3, 0.4) is 0 Å². The molecule has 0 saturated heterocycles. The fourth-order valence-electron chi connectivity index (χ4n) is 3.70. The van der Waals surface area contributed by atoms with Crippen LogP contribution in [0.15, 0.2) is 91.5 Å². The summed E-state index contributed by atoms with van der Waals surface area (Å²) in [5.74, 6) is -5.84. The Labute approximate surface area is 192 Å². The minimum absolute atomic E-state index is 0.0729. The summed E-state index contributed by atoms with van der Waals surface area (Å²) >= 11 is 0. The number of aliphatic hydroxyl groups is 4. The van der Waals surface area contributed by atoms with Gasteiger partial charge in [0.1, 0.15) is 5.54 Å². The number of nitrogens with two attached hydrogens (primary N) is 1. The standard InChI is InChI=1S/C26H27NO6/c1-3-24(27,23(28)33-2)17-18-14-15-21(25(29,30)19-10-6-4-7-11-19)22(16-18)26(31,32)20-12-8-5-9-13-20/h3-16,29-32H,1,17,27H2,2H3. The third kappa shape index (κ3) is 4.73. The molecule has 0 heterocycles. The average molecular weight is 450 g/mol. The maximum absolute atomic E-state index is 12.2. The van der Waals surface area contributed by atoms with E-state index in [-0.39, 0.29) is 28.7 Å². The van der Waals surface area contributed by atoms with Crippen LogP contribution in [0, 0.1) is 0 Å². The molecule has 0 spiro atoms. The summed E-state index contributed by atoms with van der Waals surface area (Å²) in [6.45, 7) is 3.61. The maximum Gasteiger partial charge on any atom is 0.330 e. The van der Waals surface area contributed by atoms with Crippen molar-refractivity contribution in [3.63, 3.8) is 0 Å². The van der Waals surface area contributed by atoms with Crippen molar-refractivity contribution >= 4 is 5.97 Å². The molecule has 0 saturated carbocycles. The van der Waals surface area contributed by atoms with Gasteiger partial charge in [-0.25, -0.2) is 4.79 Å². The summed E-state index contributed by atoms with van der Waals surface area (Å²) in [5.41, 5.74) is 4.93. The number of hydrogen-bond donors (Lipinski definition) is 5. The Bertz CT molecular complexity index is 1130. The molecule has 0 radical (unpaired) electrons. The second-order valence-electron chi connectivity index (χ2n) is 7.87. The van der Waals surface area contributed by atoms with Crippen molar-refractivity contribution in [3.05, 3.63) is 119 Å². The lowest BCUT2D eigenvalue weighted by Gasteiger charge is -2.32. The van der Waals surface area contributed by atoms with E-state index in [1.54, 1.807) is 36.4 Å². The summed E-state index contributed by atoms with van der Waals surface area (Å²) < 4.78 is 4.77. The van der Waals surface area contributed by atoms with Crippen LogP contribution < -0.4 is 5.73 Å². The Hall–Kier alpha value is -3.33. The molecule has 0 aromatic heterocycles. The number of carbonyl (C=O) groups excluding carboxylic acids is 1. The predicted molar refractivity (Wildman–Crippen MR) is 123 cm³/mol. The van der Waals surface area contributed by atoms with Crippen LogP contribution in [0.4, 0.5) is 0 Å². The molecule has 3 aromatic rings. The first-order chi connectivity index (χ1) is 15.6. The molecule has 0 amide bonds. The second kappa shape index (κ2) is 9.27. The maximum atomic E-state index is 12.2. The van der Waals surface area contributed by atoms with Crippen LogP contribution in [-0.4, -0.2) is 39.0 Å². The van der Waals surface area contributed by atoms with E-state index in [2.05, 4.69) is 6.58 Å². The van der Waals surface area contributed by atoms with E-state index in [0.717, 1.165) is 0 Å². The third-order valence-electron chi connectivity index (χ3n) is 5.61. The zero-order valence-electron chi connectivity index (χ0n) is 18.2. The number of methoxy groups -OCH3 is 1. The van der Waals surface area contributed by atoms with Gasteiger partial charge in [0.05, 0.1) is 7.11 Å². The van der Waals surface area contributed by atoms with E-state index in [1.165, 1.54) is 55.7 Å². The Morgan fingerprint density at radius 3 is 1.82 bits per heavy atom. The van der Waals surface area contributed by atoms with Gasteiger partial charge in [-0.05, 0) is 11.6 Å². The molecular formula is C26H27NO6. The molecule has 0 aliphatic rings. The second-order valence-corrected chi connectivity index (χ2v) is 7.87. The van der Waals surface area contributed by atoms with Gasteiger partial charge >= 0.3 is 5.97 Å². The summed E-state index contributed by atoms with van der Waals surface area (Å²) in [6, 6.07) is 20.2. The summed E-state index contributed by atoms with van der Waals surface area (Å²) in [5, 5.41) is 44.5. The zero-order chi connectivity index (χ0) is 24.3. The molecule has 172 valence electrons. The van der Waals surface area contributed by atoms with Crippen LogP contribution >= 0.6 is 0 Å². The van der Waals surface area contributed by atoms with Crippen LogP contribution in [0.1, 0.15) is 27.8 Å². The van der Waals surface area contributed by atoms with E-state index >= 15 is 0 Å². The molecule has 1 unspecified atom stereocenters. The van der Waals surface area contributed by atoms with E-state index in [4.69, 9.17) is 10.5 Å². The Kier molecular flexibility index (Phi) is 6.83. The molecule has 3 rings (SSSR count). The predicted octanol–water partition coefficient (Wildman–Crippen LogP) is 1.66. The lowest BCUT2D eigenvalue weighted by Crippen LogP contribution is -2.48. The van der Waals surface area contributed by atoms with Gasteiger partial charge in [0, 0.05) is 28.7 Å². The molecule has 0 aliphatic heterocycles. The van der Waals surface area contributed by atoms with Crippen molar-refractivity contribution in [1.29, 1.82) is 0 Å². The van der Waals surface area contributed by atoms with E-state index < -0.39 is 23.1 Å². The lowest BCUT2D eigenvalue weighted by molar-refractivity contribution is -0.154. The van der Waals surface area contributed by atoms with Gasteiger partial charge in [-0.1, -0.05) is 78.9 Å². The SMILES string of the molecule is C=CC(N)(Cc1ccc(C(O)(O)c2ccccc2)c(C(O)(O)c2ccccc2)c1)C(=O)OC. The molecule has 6 N–H and O–H groups in total. The number of carbonyl (C=O) groups is 1. The first-order valence-corrected chi connectivity index (χ1v) is 10.2. The highest BCUT2D eigenvalue weighted by atomic mass is 16.5. The highest BCUT2D eigenvalue weighted by Gasteiger charge is 2.40. The van der Waals surface area contributed by atoms with Gasteiger partial charge < -0.3 is 30.9 Å². The van der Waals surface area contributed by atoms with Gasteiger partial charge in [0.15, 0.2) is 0 Å². The quantitative estimate of drug-likeness (QED) is 0.201. The van der Waals surface area contributed by atoms with E-state index in [9.17, 15) is 25.2 Å². The number of ether oxygens (including phenoxy) is 1. The fourth-order valence-corrected chi connectivity index (χ4v) is 3.70. The van der Waals surface area contributed by atoms with Crippen molar-refractivity contribution in [2.75, 3.05) is 7.11 Å². The summed E-state index contributed by atoms with van der Waals surface area (Å²) in [6.07, 6.45) is 1.18. The van der Waals surface area contributed by atoms with Crippen LogP contribution in [0.25, 0.3) is 0 Å². The van der Waals surface area contributed by atoms with Crippen molar-refractivity contribution in [3.8, 4) is 0 Å². The minimum atomic E-state index is -2.59. The van der Waals surface area contributed by atoms with Crippen molar-refractivity contribution in [2.45, 2.75) is 23.5 Å². The molecule has 0 bridgehead atoms. The Morgan fingerprint density at radius 1 is 0.879 bits per heavy atom. The first-order valence-electron chi connectivity index (χ1n) is 10.2. The first kappa shape index (κ1) is 24.3. The monoisotopic (exact) mass is 449 g/mol. The zero-order valence-corrected chi connectivity index (χ0v) is 18.2. The van der Waals surface area contributed by atoms with Crippen LogP contribution in [0.5, 0.6) is 0 Å². The molecule has 7 nitrogen and oxygen atoms in total. The largest absolute Gasteiger partial charge is 0.467 e. The summed E-state index contributed by atoms with van der Waals surface area (Å²) in [4.78, 5) is 12.2. The van der Waals surface area contributed by atoms with Crippen LogP contribution in [0.2, 0.25) is 0 Å². The molecule has 33 heavy (non-hydrogen) atoms. The molecule has 3 aromatic carbocycles. The normalized spacial score (nSPS) is 13.8. The fraction of sp³-hybridized carbons (Fsp3) is 0.192. The molecule has 0 fully saturated rings. The molecule has 7 heteroatoms. The van der Waals surface area contributed by atoms with Crippen LogP contribution in [-0.2, 0) is 27.5 Å². The highest BCUT2D eigenvalue weighted by Crippen LogP contribution is 2.37. The Morgan fingerprint density at radius 2 is 1.36 bits per heavy atom. The summed E-state index contributed by atoms with van der Waals surface area (Å²) in [7, 11) is 1.20. The number of rotatable bonds is 8. The van der Waals surface area contributed by atoms with Gasteiger partial charge in [-0.3, -0.25) is 0 Å². The van der Waals surface area contributed by atoms with E-state index in [0.29, 0.717) is 5.56 Å². The minimum Gasteiger partial charge on any atom is -0.467 e. The number of benzene rings is 3. The number of hydrogen-bond acceptors (Lipinski definition) is 7. The van der Waals surface area contributed by atoms with Crippen molar-refractivity contribution in [1.82, 2.24) is 0 Å². The molecule has 1 atom stereocenters. The van der Waals surface area contributed by atoms with E-state index in [1.807, 2.05) is 0 Å².